The Morgan fingerprint density at radius 1 is 1.48 bits per heavy atom. The zero-order valence-corrected chi connectivity index (χ0v) is 12.4. The van der Waals surface area contributed by atoms with Gasteiger partial charge >= 0.3 is 0 Å². The van der Waals surface area contributed by atoms with Crippen LogP contribution in [0.25, 0.3) is 0 Å². The minimum atomic E-state index is 0.0337. The van der Waals surface area contributed by atoms with Crippen molar-refractivity contribution in [3.63, 3.8) is 0 Å². The molecule has 0 bridgehead atoms. The Morgan fingerprint density at radius 3 is 3.14 bits per heavy atom. The van der Waals surface area contributed by atoms with Crippen molar-refractivity contribution in [1.29, 1.82) is 0 Å². The molecular formula is C16H22N2O3. The number of ether oxygens (including phenoxy) is 2. The van der Waals surface area contributed by atoms with Gasteiger partial charge in [0, 0.05) is 25.0 Å². The lowest BCUT2D eigenvalue weighted by atomic mass is 10.1. The highest BCUT2D eigenvalue weighted by atomic mass is 16.5. The van der Waals surface area contributed by atoms with Crippen LogP contribution < -0.4 is 0 Å². The normalized spacial score (nSPS) is 28.4. The summed E-state index contributed by atoms with van der Waals surface area (Å²) in [5.41, 5.74) is 0.824. The van der Waals surface area contributed by atoms with E-state index < -0.39 is 0 Å². The fourth-order valence-electron chi connectivity index (χ4n) is 3.38. The Kier molecular flexibility index (Phi) is 4.51. The van der Waals surface area contributed by atoms with E-state index in [2.05, 4.69) is 4.98 Å². The maximum absolute atomic E-state index is 12.6. The zero-order chi connectivity index (χ0) is 14.7. The standard InChI is InChI=1S/C16H22N2O3/c1-2-20-14-7-6-13-16(14)21-10-9-18(13)15(19)11-12-5-3-4-8-17-12/h3-5,8,13-14,16H,2,6-7,9-11H2,1H3/t13-,14-,16-/m0/s1. The number of hydrogen-bond acceptors (Lipinski definition) is 4. The van der Waals surface area contributed by atoms with Crippen molar-refractivity contribution in [3.05, 3.63) is 30.1 Å². The van der Waals surface area contributed by atoms with Gasteiger partial charge in [0.2, 0.25) is 5.91 Å². The number of morpholine rings is 1. The molecule has 3 atom stereocenters. The molecule has 2 fully saturated rings. The summed E-state index contributed by atoms with van der Waals surface area (Å²) in [4.78, 5) is 18.8. The highest BCUT2D eigenvalue weighted by molar-refractivity contribution is 5.79. The third kappa shape index (κ3) is 3.09. The summed E-state index contributed by atoms with van der Waals surface area (Å²) in [5, 5.41) is 0. The number of hydrogen-bond donors (Lipinski definition) is 0. The van der Waals surface area contributed by atoms with Gasteiger partial charge < -0.3 is 14.4 Å². The average molecular weight is 290 g/mol. The van der Waals surface area contributed by atoms with Gasteiger partial charge in [-0.15, -0.1) is 0 Å². The van der Waals surface area contributed by atoms with Gasteiger partial charge in [0.25, 0.3) is 0 Å². The second kappa shape index (κ2) is 6.54. The molecule has 0 unspecified atom stereocenters. The first-order valence-corrected chi connectivity index (χ1v) is 7.72. The molecule has 1 aromatic rings. The minimum absolute atomic E-state index is 0.0337. The molecule has 0 spiro atoms. The quantitative estimate of drug-likeness (QED) is 0.841. The second-order valence-corrected chi connectivity index (χ2v) is 5.56. The molecule has 1 amide bonds. The molecule has 5 heteroatoms. The number of fused-ring (bicyclic) bond motifs is 1. The van der Waals surface area contributed by atoms with Crippen LogP contribution in [0.5, 0.6) is 0 Å². The molecule has 0 radical (unpaired) electrons. The van der Waals surface area contributed by atoms with Crippen molar-refractivity contribution in [2.24, 2.45) is 0 Å². The lowest BCUT2D eigenvalue weighted by Gasteiger charge is -2.39. The van der Waals surface area contributed by atoms with Gasteiger partial charge in [-0.1, -0.05) is 6.07 Å². The number of carbonyl (C=O) groups excluding carboxylic acids is 1. The Morgan fingerprint density at radius 2 is 2.38 bits per heavy atom. The van der Waals surface area contributed by atoms with E-state index in [-0.39, 0.29) is 24.2 Å². The van der Waals surface area contributed by atoms with Crippen LogP contribution >= 0.6 is 0 Å². The molecule has 1 saturated carbocycles. The van der Waals surface area contributed by atoms with E-state index in [0.29, 0.717) is 26.2 Å². The monoisotopic (exact) mass is 290 g/mol. The molecule has 1 aliphatic heterocycles. The summed E-state index contributed by atoms with van der Waals surface area (Å²) in [6, 6.07) is 5.83. The van der Waals surface area contributed by atoms with E-state index in [4.69, 9.17) is 9.47 Å². The SMILES string of the molecule is CCO[C@H]1CC[C@H]2[C@@H]1OCCN2C(=O)Cc1ccccn1. The first kappa shape index (κ1) is 14.5. The average Bonchev–Trinajstić information content (AvgIpc) is 2.92. The van der Waals surface area contributed by atoms with E-state index in [1.54, 1.807) is 6.20 Å². The molecule has 0 N–H and O–H groups in total. The van der Waals surface area contributed by atoms with E-state index >= 15 is 0 Å². The molecular weight excluding hydrogens is 268 g/mol. The fraction of sp³-hybridized carbons (Fsp3) is 0.625. The van der Waals surface area contributed by atoms with Gasteiger partial charge in [-0.2, -0.15) is 0 Å². The molecule has 1 saturated heterocycles. The lowest BCUT2D eigenvalue weighted by Crippen LogP contribution is -2.54. The summed E-state index contributed by atoms with van der Waals surface area (Å²) in [5.74, 6) is 0.143. The fourth-order valence-corrected chi connectivity index (χ4v) is 3.38. The molecule has 21 heavy (non-hydrogen) atoms. The smallest absolute Gasteiger partial charge is 0.229 e. The molecule has 2 heterocycles. The highest BCUT2D eigenvalue weighted by Crippen LogP contribution is 2.32. The summed E-state index contributed by atoms with van der Waals surface area (Å²) in [7, 11) is 0. The molecule has 0 aromatic carbocycles. The van der Waals surface area contributed by atoms with Gasteiger partial charge in [-0.25, -0.2) is 0 Å². The molecule has 3 rings (SSSR count). The molecule has 1 aliphatic carbocycles. The Labute approximate surface area is 125 Å². The van der Waals surface area contributed by atoms with Crippen molar-refractivity contribution in [1.82, 2.24) is 9.88 Å². The number of carbonyl (C=O) groups is 1. The van der Waals surface area contributed by atoms with Crippen LogP contribution in [0.4, 0.5) is 0 Å². The number of amides is 1. The predicted molar refractivity (Wildman–Crippen MR) is 77.8 cm³/mol. The van der Waals surface area contributed by atoms with Crippen molar-refractivity contribution < 1.29 is 14.3 Å². The first-order chi connectivity index (χ1) is 10.3. The van der Waals surface area contributed by atoms with E-state index in [1.165, 1.54) is 0 Å². The van der Waals surface area contributed by atoms with Crippen molar-refractivity contribution in [2.75, 3.05) is 19.8 Å². The Hall–Kier alpha value is -1.46. The predicted octanol–water partition coefficient (Wildman–Crippen LogP) is 1.42. The number of pyridine rings is 1. The molecule has 114 valence electrons. The summed E-state index contributed by atoms with van der Waals surface area (Å²) < 4.78 is 11.6. The van der Waals surface area contributed by atoms with Gasteiger partial charge in [-0.3, -0.25) is 9.78 Å². The van der Waals surface area contributed by atoms with E-state index in [0.717, 1.165) is 18.5 Å². The van der Waals surface area contributed by atoms with Gasteiger partial charge in [0.1, 0.15) is 6.10 Å². The Balaban J connectivity index is 1.66. The van der Waals surface area contributed by atoms with Crippen molar-refractivity contribution in [2.45, 2.75) is 44.4 Å². The molecule has 1 aromatic heterocycles. The number of rotatable bonds is 4. The second-order valence-electron chi connectivity index (χ2n) is 5.56. The van der Waals surface area contributed by atoms with Crippen LogP contribution in [-0.2, 0) is 20.7 Å². The minimum Gasteiger partial charge on any atom is -0.376 e. The highest BCUT2D eigenvalue weighted by Gasteiger charge is 2.44. The van der Waals surface area contributed by atoms with Crippen LogP contribution in [0.3, 0.4) is 0 Å². The van der Waals surface area contributed by atoms with Gasteiger partial charge in [-0.05, 0) is 31.9 Å². The summed E-state index contributed by atoms with van der Waals surface area (Å²) in [6.45, 7) is 3.96. The summed E-state index contributed by atoms with van der Waals surface area (Å²) in [6.07, 6.45) is 4.19. The largest absolute Gasteiger partial charge is 0.376 e. The topological polar surface area (TPSA) is 51.7 Å². The third-order valence-electron chi connectivity index (χ3n) is 4.30. The zero-order valence-electron chi connectivity index (χ0n) is 12.4. The number of aromatic nitrogens is 1. The van der Waals surface area contributed by atoms with Crippen LogP contribution in [0, 0.1) is 0 Å². The Bertz CT molecular complexity index is 480. The van der Waals surface area contributed by atoms with Crippen molar-refractivity contribution >= 4 is 5.91 Å². The van der Waals surface area contributed by atoms with Crippen molar-refractivity contribution in [3.8, 4) is 0 Å². The lowest BCUT2D eigenvalue weighted by molar-refractivity contribution is -0.150. The van der Waals surface area contributed by atoms with E-state index in [9.17, 15) is 4.79 Å². The van der Waals surface area contributed by atoms with Crippen LogP contribution in [0.15, 0.2) is 24.4 Å². The maximum atomic E-state index is 12.6. The van der Waals surface area contributed by atoms with Crippen LogP contribution in [0.2, 0.25) is 0 Å². The van der Waals surface area contributed by atoms with Crippen LogP contribution in [-0.4, -0.2) is 53.8 Å². The van der Waals surface area contributed by atoms with Gasteiger partial charge in [0.05, 0.1) is 25.2 Å². The summed E-state index contributed by atoms with van der Waals surface area (Å²) >= 11 is 0. The third-order valence-corrected chi connectivity index (χ3v) is 4.30. The molecule has 5 nitrogen and oxygen atoms in total. The van der Waals surface area contributed by atoms with E-state index in [1.807, 2.05) is 30.0 Å². The first-order valence-electron chi connectivity index (χ1n) is 7.72. The van der Waals surface area contributed by atoms with Gasteiger partial charge in [0.15, 0.2) is 0 Å². The number of nitrogens with zero attached hydrogens (tertiary/aromatic N) is 2. The van der Waals surface area contributed by atoms with Crippen LogP contribution in [0.1, 0.15) is 25.5 Å². The maximum Gasteiger partial charge on any atom is 0.229 e. The molecule has 2 aliphatic rings.